The molecule has 0 aliphatic heterocycles. The number of carbonyl (C=O) groups excluding carboxylic acids is 1. The van der Waals surface area contributed by atoms with E-state index in [0.717, 1.165) is 19.3 Å². The first-order valence-electron chi connectivity index (χ1n) is 11.3. The van der Waals surface area contributed by atoms with Crippen LogP contribution in [0.25, 0.3) is 5.69 Å². The lowest BCUT2D eigenvalue weighted by atomic mass is 10.1. The van der Waals surface area contributed by atoms with Crippen LogP contribution in [0.4, 0.5) is 5.69 Å². The summed E-state index contributed by atoms with van der Waals surface area (Å²) in [5, 5.41) is 20.4. The molecule has 1 atom stereocenters. The van der Waals surface area contributed by atoms with Crippen LogP contribution in [0.2, 0.25) is 0 Å². The summed E-state index contributed by atoms with van der Waals surface area (Å²) in [5.74, 6) is -0.154. The highest BCUT2D eigenvalue weighted by molar-refractivity contribution is 6.05. The highest BCUT2D eigenvalue weighted by Crippen LogP contribution is 2.31. The SMILES string of the molecule is CCCC(CC)Oc1ccc(C(=O)O)cc1NC(=O)c1nnn(-c2cc(OC)ccc2OC)c1C. The summed E-state index contributed by atoms with van der Waals surface area (Å²) in [6.45, 7) is 5.78. The quantitative estimate of drug-likeness (QED) is 0.409. The normalized spacial score (nSPS) is 11.6. The van der Waals surface area contributed by atoms with Gasteiger partial charge in [0.25, 0.3) is 5.91 Å². The van der Waals surface area contributed by atoms with Crippen LogP contribution in [0.1, 0.15) is 59.7 Å². The summed E-state index contributed by atoms with van der Waals surface area (Å²) in [5.41, 5.74) is 1.36. The lowest BCUT2D eigenvalue weighted by molar-refractivity contribution is 0.0696. The Morgan fingerprint density at radius 1 is 1.09 bits per heavy atom. The molecule has 2 N–H and O–H groups in total. The van der Waals surface area contributed by atoms with Gasteiger partial charge in [-0.2, -0.15) is 0 Å². The summed E-state index contributed by atoms with van der Waals surface area (Å²) in [6, 6.07) is 9.59. The molecule has 0 radical (unpaired) electrons. The van der Waals surface area contributed by atoms with E-state index in [1.807, 2.05) is 6.92 Å². The molecule has 1 unspecified atom stereocenters. The number of benzene rings is 2. The van der Waals surface area contributed by atoms with Crippen LogP contribution >= 0.6 is 0 Å². The number of anilines is 1. The molecule has 1 amide bonds. The maximum absolute atomic E-state index is 13.2. The molecule has 1 aromatic heterocycles. The van der Waals surface area contributed by atoms with Gasteiger partial charge < -0.3 is 24.6 Å². The molecule has 1 heterocycles. The van der Waals surface area contributed by atoms with E-state index in [9.17, 15) is 14.7 Å². The fraction of sp³-hybridized carbons (Fsp3) is 0.360. The number of nitrogens with zero attached hydrogens (tertiary/aromatic N) is 3. The van der Waals surface area contributed by atoms with Gasteiger partial charge in [0.05, 0.1) is 37.3 Å². The number of aromatic carboxylic acids is 1. The number of rotatable bonds is 11. The first-order chi connectivity index (χ1) is 16.8. The van der Waals surface area contributed by atoms with Crippen LogP contribution in [0, 0.1) is 6.92 Å². The summed E-state index contributed by atoms with van der Waals surface area (Å²) in [7, 11) is 3.08. The minimum Gasteiger partial charge on any atom is -0.497 e. The van der Waals surface area contributed by atoms with Gasteiger partial charge in [0, 0.05) is 6.07 Å². The summed E-state index contributed by atoms with van der Waals surface area (Å²) in [6.07, 6.45) is 2.48. The van der Waals surface area contributed by atoms with Crippen LogP contribution in [-0.2, 0) is 0 Å². The second-order valence-electron chi connectivity index (χ2n) is 7.88. The number of ether oxygens (including phenoxy) is 3. The van der Waals surface area contributed by atoms with E-state index in [1.54, 1.807) is 38.3 Å². The van der Waals surface area contributed by atoms with Crippen molar-refractivity contribution < 1.29 is 28.9 Å². The molecule has 0 saturated carbocycles. The number of carboxylic acid groups (broad SMARTS) is 1. The van der Waals surface area contributed by atoms with Crippen LogP contribution in [0.5, 0.6) is 17.2 Å². The molecule has 10 heteroatoms. The highest BCUT2D eigenvalue weighted by atomic mass is 16.5. The average Bonchev–Trinajstić information content (AvgIpc) is 3.25. The van der Waals surface area contributed by atoms with E-state index < -0.39 is 11.9 Å². The number of amides is 1. The maximum atomic E-state index is 13.2. The Hall–Kier alpha value is -4.08. The van der Waals surface area contributed by atoms with Crippen molar-refractivity contribution in [1.29, 1.82) is 0 Å². The number of aromatic nitrogens is 3. The molecule has 10 nitrogen and oxygen atoms in total. The number of carbonyl (C=O) groups is 2. The predicted molar refractivity (Wildman–Crippen MR) is 130 cm³/mol. The molecule has 3 aromatic rings. The highest BCUT2D eigenvalue weighted by Gasteiger charge is 2.22. The van der Waals surface area contributed by atoms with Crippen LogP contribution in [0.15, 0.2) is 36.4 Å². The molecule has 0 bridgehead atoms. The Balaban J connectivity index is 1.95. The third-order valence-electron chi connectivity index (χ3n) is 5.56. The maximum Gasteiger partial charge on any atom is 0.335 e. The fourth-order valence-corrected chi connectivity index (χ4v) is 3.62. The van der Waals surface area contributed by atoms with E-state index in [0.29, 0.717) is 28.6 Å². The predicted octanol–water partition coefficient (Wildman–Crippen LogP) is 4.50. The molecule has 35 heavy (non-hydrogen) atoms. The third-order valence-corrected chi connectivity index (χ3v) is 5.56. The zero-order chi connectivity index (χ0) is 25.5. The van der Waals surface area contributed by atoms with Crippen LogP contribution in [0.3, 0.4) is 0 Å². The minimum atomic E-state index is -1.11. The number of nitrogens with one attached hydrogen (secondary N) is 1. The molecule has 0 aliphatic carbocycles. The summed E-state index contributed by atoms with van der Waals surface area (Å²) in [4.78, 5) is 24.7. The van der Waals surface area contributed by atoms with Crippen molar-refractivity contribution in [3.63, 3.8) is 0 Å². The molecule has 0 saturated heterocycles. The molecule has 0 spiro atoms. The molecule has 3 rings (SSSR count). The zero-order valence-electron chi connectivity index (χ0n) is 20.5. The third kappa shape index (κ3) is 5.71. The van der Waals surface area contributed by atoms with Gasteiger partial charge in [0.2, 0.25) is 0 Å². The average molecular weight is 483 g/mol. The lowest BCUT2D eigenvalue weighted by Crippen LogP contribution is -2.19. The Bertz CT molecular complexity index is 1210. The van der Waals surface area contributed by atoms with Gasteiger partial charge in [-0.05, 0) is 50.1 Å². The first-order valence-corrected chi connectivity index (χ1v) is 11.3. The van der Waals surface area contributed by atoms with Crippen molar-refractivity contribution in [2.45, 2.75) is 46.1 Å². The lowest BCUT2D eigenvalue weighted by Gasteiger charge is -2.20. The van der Waals surface area contributed by atoms with Gasteiger partial charge in [-0.1, -0.05) is 25.5 Å². The van der Waals surface area contributed by atoms with Crippen molar-refractivity contribution in [3.05, 3.63) is 53.3 Å². The number of carboxylic acids is 1. The minimum absolute atomic E-state index is 0.0256. The van der Waals surface area contributed by atoms with Crippen molar-refractivity contribution >= 4 is 17.6 Å². The summed E-state index contributed by atoms with van der Waals surface area (Å²) >= 11 is 0. The number of hydrogen-bond acceptors (Lipinski definition) is 7. The fourth-order valence-electron chi connectivity index (χ4n) is 3.62. The molecular weight excluding hydrogens is 452 g/mol. The van der Waals surface area contributed by atoms with Crippen molar-refractivity contribution in [2.24, 2.45) is 0 Å². The van der Waals surface area contributed by atoms with Gasteiger partial charge in [-0.25, -0.2) is 9.48 Å². The number of hydrogen-bond donors (Lipinski definition) is 2. The Morgan fingerprint density at radius 3 is 2.46 bits per heavy atom. The standard InChI is InChI=1S/C25H30N4O6/c1-6-8-17(7-2)35-21-11-9-16(25(31)32)13-19(21)26-24(30)23-15(3)29(28-27-23)20-14-18(33-4)10-12-22(20)34-5/h9-14,17H,6-8H2,1-5H3,(H,26,30)(H,31,32). The largest absolute Gasteiger partial charge is 0.497 e. The summed E-state index contributed by atoms with van der Waals surface area (Å²) < 4.78 is 18.3. The van der Waals surface area contributed by atoms with E-state index >= 15 is 0 Å². The topological polar surface area (TPSA) is 125 Å². The second-order valence-corrected chi connectivity index (χ2v) is 7.88. The van der Waals surface area contributed by atoms with E-state index in [2.05, 4.69) is 22.6 Å². The van der Waals surface area contributed by atoms with Crippen molar-refractivity contribution in [3.8, 4) is 22.9 Å². The Kier molecular flexibility index (Phi) is 8.30. The smallest absolute Gasteiger partial charge is 0.335 e. The zero-order valence-corrected chi connectivity index (χ0v) is 20.5. The van der Waals surface area contributed by atoms with Gasteiger partial charge in [0.1, 0.15) is 22.9 Å². The van der Waals surface area contributed by atoms with Gasteiger partial charge in [-0.15, -0.1) is 5.10 Å². The van der Waals surface area contributed by atoms with Crippen molar-refractivity contribution in [1.82, 2.24) is 15.0 Å². The molecule has 2 aromatic carbocycles. The monoisotopic (exact) mass is 482 g/mol. The van der Waals surface area contributed by atoms with E-state index in [1.165, 1.54) is 23.9 Å². The van der Waals surface area contributed by atoms with Gasteiger partial charge in [0.15, 0.2) is 5.69 Å². The van der Waals surface area contributed by atoms with Crippen molar-refractivity contribution in [2.75, 3.05) is 19.5 Å². The molecule has 186 valence electrons. The molecule has 0 fully saturated rings. The molecular formula is C25H30N4O6. The molecule has 0 aliphatic rings. The van der Waals surface area contributed by atoms with Gasteiger partial charge >= 0.3 is 5.97 Å². The number of methoxy groups -OCH3 is 2. The second kappa shape index (κ2) is 11.4. The van der Waals surface area contributed by atoms with Crippen LogP contribution < -0.4 is 19.5 Å². The van der Waals surface area contributed by atoms with Gasteiger partial charge in [-0.3, -0.25) is 4.79 Å². The van der Waals surface area contributed by atoms with Crippen LogP contribution in [-0.4, -0.2) is 52.3 Å². The van der Waals surface area contributed by atoms with E-state index in [4.69, 9.17) is 14.2 Å². The Morgan fingerprint density at radius 2 is 1.83 bits per heavy atom. The van der Waals surface area contributed by atoms with E-state index in [-0.39, 0.29) is 23.0 Å². The Labute approximate surface area is 203 Å². The first kappa shape index (κ1) is 25.5.